The molecule has 33 heavy (non-hydrogen) atoms. The third-order valence-corrected chi connectivity index (χ3v) is 6.52. The molecular weight excluding hydrogens is 527 g/mol. The van der Waals surface area contributed by atoms with Gasteiger partial charge in [0.05, 0.1) is 16.3 Å². The average molecular weight is 546 g/mol. The molecule has 162 valence electrons. The van der Waals surface area contributed by atoms with Gasteiger partial charge in [-0.15, -0.1) is 0 Å². The van der Waals surface area contributed by atoms with Crippen molar-refractivity contribution in [3.8, 4) is 11.5 Å². The van der Waals surface area contributed by atoms with Gasteiger partial charge in [0, 0.05) is 11.1 Å². The van der Waals surface area contributed by atoms with Gasteiger partial charge < -0.3 is 9.47 Å². The summed E-state index contributed by atoms with van der Waals surface area (Å²) < 4.78 is 12.6. The number of benzene rings is 4. The molecule has 5 rings (SSSR count). The van der Waals surface area contributed by atoms with Crippen LogP contribution in [-0.2, 0) is 6.61 Å². The van der Waals surface area contributed by atoms with E-state index in [0.29, 0.717) is 34.8 Å². The molecular formula is C28H19IO4. The van der Waals surface area contributed by atoms with Gasteiger partial charge in [-0.1, -0.05) is 66.7 Å². The Morgan fingerprint density at radius 1 is 0.848 bits per heavy atom. The van der Waals surface area contributed by atoms with Gasteiger partial charge in [0.15, 0.2) is 23.1 Å². The van der Waals surface area contributed by atoms with Crippen molar-refractivity contribution in [1.82, 2.24) is 0 Å². The lowest BCUT2D eigenvalue weighted by molar-refractivity contribution is 0.0990. The van der Waals surface area contributed by atoms with Crippen molar-refractivity contribution >= 4 is 51.0 Å². The number of hydrogen-bond donors (Lipinski definition) is 0. The Balaban J connectivity index is 1.45. The van der Waals surface area contributed by atoms with Crippen LogP contribution in [0.25, 0.3) is 16.8 Å². The molecule has 0 heterocycles. The molecule has 1 aliphatic carbocycles. The number of methoxy groups -OCH3 is 1. The second-order valence-corrected chi connectivity index (χ2v) is 8.89. The number of Topliss-reactive ketones (excluding diaryl/α,β-unsaturated/α-hetero) is 2. The maximum atomic E-state index is 12.7. The molecule has 0 amide bonds. The summed E-state index contributed by atoms with van der Waals surface area (Å²) in [6.07, 6.45) is 1.63. The fourth-order valence-electron chi connectivity index (χ4n) is 4.10. The number of fused-ring (bicyclic) bond motifs is 2. The lowest BCUT2D eigenvalue weighted by atomic mass is 10.1. The van der Waals surface area contributed by atoms with Crippen LogP contribution in [0.4, 0.5) is 0 Å². The quantitative estimate of drug-likeness (QED) is 0.163. The van der Waals surface area contributed by atoms with Gasteiger partial charge >= 0.3 is 0 Å². The molecule has 4 aromatic rings. The van der Waals surface area contributed by atoms with Crippen LogP contribution in [0, 0.1) is 3.57 Å². The Bertz CT molecular complexity index is 1410. The molecule has 0 fully saturated rings. The van der Waals surface area contributed by atoms with Crippen molar-refractivity contribution in [3.63, 3.8) is 0 Å². The minimum Gasteiger partial charge on any atom is -0.493 e. The maximum absolute atomic E-state index is 12.7. The van der Waals surface area contributed by atoms with Gasteiger partial charge in [-0.25, -0.2) is 0 Å². The molecule has 0 radical (unpaired) electrons. The van der Waals surface area contributed by atoms with E-state index in [1.54, 1.807) is 43.5 Å². The Kier molecular flexibility index (Phi) is 5.72. The summed E-state index contributed by atoms with van der Waals surface area (Å²) in [5.74, 6) is 0.673. The first kappa shape index (κ1) is 21.4. The summed E-state index contributed by atoms with van der Waals surface area (Å²) >= 11 is 2.19. The third-order valence-electron chi connectivity index (χ3n) is 5.72. The first-order valence-corrected chi connectivity index (χ1v) is 11.5. The van der Waals surface area contributed by atoms with Crippen LogP contribution >= 0.6 is 22.6 Å². The van der Waals surface area contributed by atoms with Gasteiger partial charge in [-0.2, -0.15) is 0 Å². The fraction of sp³-hybridized carbons (Fsp3) is 0.0714. The van der Waals surface area contributed by atoms with E-state index in [1.807, 2.05) is 24.3 Å². The molecule has 0 bridgehead atoms. The minimum atomic E-state index is -0.249. The highest BCUT2D eigenvalue weighted by Crippen LogP contribution is 2.36. The topological polar surface area (TPSA) is 52.6 Å². The lowest BCUT2D eigenvalue weighted by Gasteiger charge is -2.15. The molecule has 0 saturated carbocycles. The highest BCUT2D eigenvalue weighted by Gasteiger charge is 2.32. The molecule has 0 atom stereocenters. The molecule has 4 nitrogen and oxygen atoms in total. The highest BCUT2D eigenvalue weighted by molar-refractivity contribution is 14.1. The normalized spacial score (nSPS) is 12.7. The van der Waals surface area contributed by atoms with E-state index in [9.17, 15) is 9.59 Å². The number of hydrogen-bond acceptors (Lipinski definition) is 4. The summed E-state index contributed by atoms with van der Waals surface area (Å²) in [6.45, 7) is 0.389. The van der Waals surface area contributed by atoms with Gasteiger partial charge in [0.25, 0.3) is 0 Å². The molecule has 0 saturated heterocycles. The van der Waals surface area contributed by atoms with E-state index in [-0.39, 0.29) is 17.1 Å². The van der Waals surface area contributed by atoms with E-state index >= 15 is 0 Å². The van der Waals surface area contributed by atoms with Crippen LogP contribution in [0.5, 0.6) is 11.5 Å². The number of rotatable bonds is 5. The summed E-state index contributed by atoms with van der Waals surface area (Å²) in [4.78, 5) is 25.5. The summed E-state index contributed by atoms with van der Waals surface area (Å²) in [5.41, 5.74) is 2.85. The number of carbonyl (C=O) groups is 2. The number of ketones is 2. The maximum Gasteiger partial charge on any atom is 0.197 e. The molecule has 0 aliphatic heterocycles. The van der Waals surface area contributed by atoms with Crippen molar-refractivity contribution in [2.75, 3.05) is 7.11 Å². The number of carbonyl (C=O) groups excluding carboxylic acids is 2. The van der Waals surface area contributed by atoms with E-state index in [1.165, 1.54) is 0 Å². The Labute approximate surface area is 205 Å². The predicted molar refractivity (Wildman–Crippen MR) is 137 cm³/mol. The zero-order valence-corrected chi connectivity index (χ0v) is 20.0. The van der Waals surface area contributed by atoms with Crippen molar-refractivity contribution in [2.24, 2.45) is 0 Å². The molecule has 5 heteroatoms. The minimum absolute atomic E-state index is 0.165. The number of halogens is 1. The third kappa shape index (κ3) is 3.93. The zero-order valence-electron chi connectivity index (χ0n) is 17.8. The van der Waals surface area contributed by atoms with Crippen LogP contribution in [0.15, 0.2) is 84.4 Å². The molecule has 0 aromatic heterocycles. The first-order valence-electron chi connectivity index (χ1n) is 10.4. The van der Waals surface area contributed by atoms with E-state index in [0.717, 1.165) is 19.9 Å². The van der Waals surface area contributed by atoms with E-state index in [2.05, 4.69) is 46.9 Å². The smallest absolute Gasteiger partial charge is 0.197 e. The largest absolute Gasteiger partial charge is 0.493 e. The molecule has 0 unspecified atom stereocenters. The van der Waals surface area contributed by atoms with Crippen LogP contribution in [0.3, 0.4) is 0 Å². The van der Waals surface area contributed by atoms with Crippen molar-refractivity contribution in [2.45, 2.75) is 6.61 Å². The molecule has 0 spiro atoms. The first-order chi connectivity index (χ1) is 16.1. The predicted octanol–water partition coefficient (Wildman–Crippen LogP) is 6.49. The molecule has 4 aromatic carbocycles. The number of ether oxygens (including phenoxy) is 2. The lowest BCUT2D eigenvalue weighted by Crippen LogP contribution is -2.02. The summed E-state index contributed by atoms with van der Waals surface area (Å²) in [5, 5.41) is 2.31. The second kappa shape index (κ2) is 8.83. The van der Waals surface area contributed by atoms with Gasteiger partial charge in [0.1, 0.15) is 6.61 Å². The van der Waals surface area contributed by atoms with Crippen LogP contribution < -0.4 is 9.47 Å². The number of allylic oxidation sites excluding steroid dienone is 1. The van der Waals surface area contributed by atoms with Crippen molar-refractivity contribution in [1.29, 1.82) is 0 Å². The zero-order chi connectivity index (χ0) is 22.9. The standard InChI is InChI=1S/C28H19IO4/c1-32-25-15-17(13-23-26(30)21-11-4-5-12-22(21)27(23)31)14-24(29)28(25)33-16-19-9-6-8-18-7-2-3-10-20(18)19/h2-15H,16H2,1H3. The van der Waals surface area contributed by atoms with Crippen LogP contribution in [0.2, 0.25) is 0 Å². The summed E-state index contributed by atoms with van der Waals surface area (Å²) in [6, 6.07) is 24.9. The Morgan fingerprint density at radius 2 is 1.52 bits per heavy atom. The Hall–Kier alpha value is -3.45. The monoisotopic (exact) mass is 546 g/mol. The van der Waals surface area contributed by atoms with E-state index < -0.39 is 0 Å². The second-order valence-electron chi connectivity index (χ2n) is 7.72. The van der Waals surface area contributed by atoms with Gasteiger partial charge in [-0.3, -0.25) is 9.59 Å². The van der Waals surface area contributed by atoms with Crippen molar-refractivity contribution < 1.29 is 19.1 Å². The van der Waals surface area contributed by atoms with Crippen LogP contribution in [0.1, 0.15) is 31.8 Å². The highest BCUT2D eigenvalue weighted by atomic mass is 127. The SMILES string of the molecule is COc1cc(C=C2C(=O)c3ccccc3C2=O)cc(I)c1OCc1cccc2ccccc12. The Morgan fingerprint density at radius 3 is 2.24 bits per heavy atom. The summed E-state index contributed by atoms with van der Waals surface area (Å²) in [7, 11) is 1.58. The molecule has 0 N–H and O–H groups in total. The molecule has 1 aliphatic rings. The fourth-order valence-corrected chi connectivity index (χ4v) is 4.88. The van der Waals surface area contributed by atoms with Gasteiger partial charge in [0.2, 0.25) is 0 Å². The average Bonchev–Trinajstić information content (AvgIpc) is 3.08. The van der Waals surface area contributed by atoms with Gasteiger partial charge in [-0.05, 0) is 62.7 Å². The van der Waals surface area contributed by atoms with Crippen LogP contribution in [-0.4, -0.2) is 18.7 Å². The van der Waals surface area contributed by atoms with Crippen molar-refractivity contribution in [3.05, 3.63) is 110 Å². The van der Waals surface area contributed by atoms with E-state index in [4.69, 9.17) is 9.47 Å².